The van der Waals surface area contributed by atoms with Gasteiger partial charge in [0.2, 0.25) is 0 Å². The van der Waals surface area contributed by atoms with Crippen LogP contribution in [-0.4, -0.2) is 5.11 Å². The molecular formula is C13H18F2O. The fourth-order valence-electron chi connectivity index (χ4n) is 1.92. The minimum atomic E-state index is -1.06. The van der Waals surface area contributed by atoms with Crippen LogP contribution in [0.4, 0.5) is 8.78 Å². The molecule has 0 aromatic heterocycles. The molecule has 3 heteroatoms. The highest BCUT2D eigenvalue weighted by Crippen LogP contribution is 2.31. The van der Waals surface area contributed by atoms with E-state index in [0.29, 0.717) is 18.4 Å². The lowest BCUT2D eigenvalue weighted by molar-refractivity contribution is 0.0955. The lowest BCUT2D eigenvalue weighted by Gasteiger charge is -2.21. The molecule has 0 saturated carbocycles. The molecule has 0 amide bonds. The van der Waals surface area contributed by atoms with Crippen molar-refractivity contribution in [3.05, 3.63) is 34.9 Å². The standard InChI is InChI=1S/C13H18F2O/c1-4-9(5-2)13(16)11-10(14)7-6-8(3)12(11)15/h6-7,9,13,16H,4-5H2,1-3H3. The number of rotatable bonds is 4. The Morgan fingerprint density at radius 2 is 1.75 bits per heavy atom. The first-order valence-corrected chi connectivity index (χ1v) is 5.65. The molecule has 0 heterocycles. The van der Waals surface area contributed by atoms with Crippen molar-refractivity contribution < 1.29 is 13.9 Å². The van der Waals surface area contributed by atoms with Gasteiger partial charge in [-0.25, -0.2) is 8.78 Å². The van der Waals surface area contributed by atoms with Crippen LogP contribution in [0.1, 0.15) is 43.9 Å². The van der Waals surface area contributed by atoms with Gasteiger partial charge in [-0.15, -0.1) is 0 Å². The van der Waals surface area contributed by atoms with Gasteiger partial charge < -0.3 is 5.11 Å². The van der Waals surface area contributed by atoms with E-state index in [0.717, 1.165) is 0 Å². The van der Waals surface area contributed by atoms with Crippen LogP contribution in [0.25, 0.3) is 0 Å². The molecule has 1 aromatic rings. The van der Waals surface area contributed by atoms with Crippen molar-refractivity contribution in [2.24, 2.45) is 5.92 Å². The smallest absolute Gasteiger partial charge is 0.134 e. The molecule has 1 atom stereocenters. The number of hydrogen-bond donors (Lipinski definition) is 1. The highest BCUT2D eigenvalue weighted by atomic mass is 19.1. The first-order chi connectivity index (χ1) is 7.52. The maximum atomic E-state index is 13.7. The summed E-state index contributed by atoms with van der Waals surface area (Å²) in [5.74, 6) is -1.40. The topological polar surface area (TPSA) is 20.2 Å². The second-order valence-electron chi connectivity index (χ2n) is 4.11. The number of hydrogen-bond acceptors (Lipinski definition) is 1. The van der Waals surface area contributed by atoms with Gasteiger partial charge in [0.05, 0.1) is 11.7 Å². The predicted molar refractivity (Wildman–Crippen MR) is 60.1 cm³/mol. The zero-order valence-electron chi connectivity index (χ0n) is 9.93. The Kier molecular flexibility index (Phi) is 4.42. The molecule has 0 bridgehead atoms. The van der Waals surface area contributed by atoms with Crippen LogP contribution in [0.15, 0.2) is 12.1 Å². The van der Waals surface area contributed by atoms with Crippen molar-refractivity contribution in [3.63, 3.8) is 0 Å². The summed E-state index contributed by atoms with van der Waals surface area (Å²) in [5.41, 5.74) is 0.176. The van der Waals surface area contributed by atoms with Gasteiger partial charge >= 0.3 is 0 Å². The van der Waals surface area contributed by atoms with E-state index in [1.165, 1.54) is 12.1 Å². The fourth-order valence-corrected chi connectivity index (χ4v) is 1.92. The molecule has 0 radical (unpaired) electrons. The molecule has 0 spiro atoms. The van der Waals surface area contributed by atoms with E-state index in [9.17, 15) is 13.9 Å². The van der Waals surface area contributed by atoms with Gasteiger partial charge in [0.25, 0.3) is 0 Å². The summed E-state index contributed by atoms with van der Waals surface area (Å²) in [6.45, 7) is 5.38. The molecule has 1 rings (SSSR count). The van der Waals surface area contributed by atoms with Gasteiger partial charge in [0.1, 0.15) is 11.6 Å². The van der Waals surface area contributed by atoms with Crippen molar-refractivity contribution in [2.45, 2.75) is 39.7 Å². The quantitative estimate of drug-likeness (QED) is 0.832. The summed E-state index contributed by atoms with van der Waals surface area (Å²) < 4.78 is 27.3. The van der Waals surface area contributed by atoms with Gasteiger partial charge in [-0.3, -0.25) is 0 Å². The summed E-state index contributed by atoms with van der Waals surface area (Å²) in [7, 11) is 0. The van der Waals surface area contributed by atoms with Gasteiger partial charge in [0.15, 0.2) is 0 Å². The Balaban J connectivity index is 3.16. The first kappa shape index (κ1) is 13.1. The molecule has 1 N–H and O–H groups in total. The third-order valence-corrected chi connectivity index (χ3v) is 3.11. The van der Waals surface area contributed by atoms with E-state index < -0.39 is 17.7 Å². The van der Waals surface area contributed by atoms with E-state index in [2.05, 4.69) is 0 Å². The highest BCUT2D eigenvalue weighted by Gasteiger charge is 2.25. The second kappa shape index (κ2) is 5.39. The van der Waals surface area contributed by atoms with Gasteiger partial charge in [-0.2, -0.15) is 0 Å². The van der Waals surface area contributed by atoms with Crippen LogP contribution < -0.4 is 0 Å². The Hall–Kier alpha value is -0.960. The van der Waals surface area contributed by atoms with Gasteiger partial charge in [0, 0.05) is 0 Å². The summed E-state index contributed by atoms with van der Waals surface area (Å²) in [4.78, 5) is 0. The minimum Gasteiger partial charge on any atom is -0.388 e. The molecule has 0 aliphatic carbocycles. The minimum absolute atomic E-state index is 0.106. The molecular weight excluding hydrogens is 210 g/mol. The molecule has 1 unspecified atom stereocenters. The SMILES string of the molecule is CCC(CC)C(O)c1c(F)ccc(C)c1F. The van der Waals surface area contributed by atoms with Crippen LogP contribution >= 0.6 is 0 Å². The van der Waals surface area contributed by atoms with Crippen LogP contribution in [0.3, 0.4) is 0 Å². The lowest BCUT2D eigenvalue weighted by atomic mass is 9.90. The summed E-state index contributed by atoms with van der Waals surface area (Å²) in [6.07, 6.45) is 0.338. The first-order valence-electron chi connectivity index (χ1n) is 5.65. The third-order valence-electron chi connectivity index (χ3n) is 3.11. The number of aliphatic hydroxyl groups is 1. The summed E-state index contributed by atoms with van der Waals surface area (Å²) in [6, 6.07) is 2.59. The zero-order chi connectivity index (χ0) is 12.3. The average Bonchev–Trinajstić information content (AvgIpc) is 2.26. The lowest BCUT2D eigenvalue weighted by Crippen LogP contribution is -2.15. The van der Waals surface area contributed by atoms with E-state index in [4.69, 9.17) is 0 Å². The van der Waals surface area contributed by atoms with Crippen molar-refractivity contribution >= 4 is 0 Å². The maximum Gasteiger partial charge on any atom is 0.134 e. The second-order valence-corrected chi connectivity index (χ2v) is 4.11. The van der Waals surface area contributed by atoms with Crippen LogP contribution in [0.5, 0.6) is 0 Å². The molecule has 0 saturated heterocycles. The number of halogens is 2. The maximum absolute atomic E-state index is 13.7. The number of aliphatic hydroxyl groups excluding tert-OH is 1. The van der Waals surface area contributed by atoms with Crippen LogP contribution in [0.2, 0.25) is 0 Å². The zero-order valence-corrected chi connectivity index (χ0v) is 9.93. The molecule has 0 fully saturated rings. The Labute approximate surface area is 95.1 Å². The molecule has 1 nitrogen and oxygen atoms in total. The highest BCUT2D eigenvalue weighted by molar-refractivity contribution is 5.28. The van der Waals surface area contributed by atoms with Crippen LogP contribution in [-0.2, 0) is 0 Å². The average molecular weight is 228 g/mol. The van der Waals surface area contributed by atoms with E-state index in [-0.39, 0.29) is 11.5 Å². The largest absolute Gasteiger partial charge is 0.388 e. The van der Waals surface area contributed by atoms with Gasteiger partial charge in [-0.05, 0) is 24.5 Å². The molecule has 16 heavy (non-hydrogen) atoms. The summed E-state index contributed by atoms with van der Waals surface area (Å²) in [5, 5.41) is 9.99. The Morgan fingerprint density at radius 3 is 2.25 bits per heavy atom. The third kappa shape index (κ3) is 2.40. The van der Waals surface area contributed by atoms with Crippen molar-refractivity contribution in [3.8, 4) is 0 Å². The fraction of sp³-hybridized carbons (Fsp3) is 0.538. The van der Waals surface area contributed by atoms with Crippen LogP contribution in [0, 0.1) is 24.5 Å². The molecule has 0 aliphatic rings. The van der Waals surface area contributed by atoms with Crippen molar-refractivity contribution in [1.29, 1.82) is 0 Å². The molecule has 90 valence electrons. The van der Waals surface area contributed by atoms with Crippen molar-refractivity contribution in [1.82, 2.24) is 0 Å². The molecule has 1 aromatic carbocycles. The Morgan fingerprint density at radius 1 is 1.19 bits per heavy atom. The number of benzene rings is 1. The molecule has 0 aliphatic heterocycles. The monoisotopic (exact) mass is 228 g/mol. The predicted octanol–water partition coefficient (Wildman–Crippen LogP) is 3.74. The van der Waals surface area contributed by atoms with E-state index >= 15 is 0 Å². The van der Waals surface area contributed by atoms with Gasteiger partial charge in [-0.1, -0.05) is 32.8 Å². The summed E-state index contributed by atoms with van der Waals surface area (Å²) >= 11 is 0. The van der Waals surface area contributed by atoms with Crippen molar-refractivity contribution in [2.75, 3.05) is 0 Å². The normalized spacial score (nSPS) is 13.2. The van der Waals surface area contributed by atoms with E-state index in [1.54, 1.807) is 6.92 Å². The van der Waals surface area contributed by atoms with E-state index in [1.807, 2.05) is 13.8 Å². The number of aryl methyl sites for hydroxylation is 1. The Bertz CT molecular complexity index is 359.